The normalized spacial score (nSPS) is 15.9. The minimum atomic E-state index is -0.688. The van der Waals surface area contributed by atoms with Crippen molar-refractivity contribution in [2.45, 2.75) is 57.8 Å². The highest BCUT2D eigenvalue weighted by atomic mass is 35.5. The van der Waals surface area contributed by atoms with Crippen molar-refractivity contribution in [1.82, 2.24) is 9.88 Å². The molecular weight excluding hydrogens is 480 g/mol. The van der Waals surface area contributed by atoms with Crippen molar-refractivity contribution in [2.24, 2.45) is 5.41 Å². The number of aryl methyl sites for hydroxylation is 2. The van der Waals surface area contributed by atoms with Gasteiger partial charge in [0.05, 0.1) is 24.1 Å². The van der Waals surface area contributed by atoms with Crippen molar-refractivity contribution in [3.05, 3.63) is 57.4 Å². The molecule has 5 nitrogen and oxygen atoms in total. The number of aromatic nitrogens is 1. The van der Waals surface area contributed by atoms with Gasteiger partial charge in [-0.1, -0.05) is 17.7 Å². The summed E-state index contributed by atoms with van der Waals surface area (Å²) in [5.41, 5.74) is 1.84. The first-order valence-electron chi connectivity index (χ1n) is 12.6. The average Bonchev–Trinajstić information content (AvgIpc) is 3.37. The minimum absolute atomic E-state index is 0.133. The Morgan fingerprint density at radius 2 is 2.03 bits per heavy atom. The van der Waals surface area contributed by atoms with E-state index in [2.05, 4.69) is 27.4 Å². The second-order valence-electron chi connectivity index (χ2n) is 9.77. The van der Waals surface area contributed by atoms with Crippen LogP contribution in [0.3, 0.4) is 0 Å². The Kier molecular flexibility index (Phi) is 9.04. The molecule has 0 unspecified atom stereocenters. The van der Waals surface area contributed by atoms with E-state index >= 15 is 0 Å². The summed E-state index contributed by atoms with van der Waals surface area (Å²) in [6.45, 7) is 3.08. The zero-order valence-corrected chi connectivity index (χ0v) is 22.0. The number of hydrogen-bond acceptors (Lipinski definition) is 5. The number of hydrogen-bond donors (Lipinski definition) is 1. The SMILES string of the molecule is COc1ccc2ncc(Cl)c(CCCC3(CC(=O)O)CCN(CCCCc4cccs4)CC3)c2c1. The number of pyridine rings is 1. The lowest BCUT2D eigenvalue weighted by molar-refractivity contribution is -0.140. The molecule has 2 aromatic heterocycles. The number of likely N-dealkylation sites (tertiary alicyclic amines) is 1. The third-order valence-electron chi connectivity index (χ3n) is 7.44. The summed E-state index contributed by atoms with van der Waals surface area (Å²) in [6, 6.07) is 10.2. The summed E-state index contributed by atoms with van der Waals surface area (Å²) in [5.74, 6) is 0.0967. The van der Waals surface area contributed by atoms with Gasteiger partial charge < -0.3 is 14.7 Å². The third-order valence-corrected chi connectivity index (χ3v) is 8.70. The van der Waals surface area contributed by atoms with E-state index < -0.39 is 5.97 Å². The number of methoxy groups -OCH3 is 1. The van der Waals surface area contributed by atoms with Gasteiger partial charge >= 0.3 is 5.97 Å². The van der Waals surface area contributed by atoms with Crippen LogP contribution in [0.5, 0.6) is 5.75 Å². The summed E-state index contributed by atoms with van der Waals surface area (Å²) >= 11 is 8.38. The van der Waals surface area contributed by atoms with Crippen LogP contribution in [0.1, 0.15) is 55.4 Å². The quantitative estimate of drug-likeness (QED) is 0.267. The minimum Gasteiger partial charge on any atom is -0.497 e. The number of nitrogens with zero attached hydrogens (tertiary/aromatic N) is 2. The molecule has 1 fully saturated rings. The molecule has 3 aromatic rings. The van der Waals surface area contributed by atoms with E-state index in [1.165, 1.54) is 17.7 Å². The molecular formula is C28H35ClN2O3S. The monoisotopic (exact) mass is 514 g/mol. The maximum atomic E-state index is 11.8. The number of ether oxygens (including phenoxy) is 1. The van der Waals surface area contributed by atoms with Crippen LogP contribution < -0.4 is 4.74 Å². The van der Waals surface area contributed by atoms with Crippen molar-refractivity contribution in [2.75, 3.05) is 26.7 Å². The topological polar surface area (TPSA) is 62.7 Å². The number of benzene rings is 1. The van der Waals surface area contributed by atoms with Crippen molar-refractivity contribution in [3.63, 3.8) is 0 Å². The molecule has 0 bridgehead atoms. The highest BCUT2D eigenvalue weighted by Gasteiger charge is 2.36. The van der Waals surface area contributed by atoms with E-state index in [-0.39, 0.29) is 11.8 Å². The van der Waals surface area contributed by atoms with Crippen molar-refractivity contribution >= 4 is 39.8 Å². The molecule has 35 heavy (non-hydrogen) atoms. The van der Waals surface area contributed by atoms with Crippen LogP contribution in [-0.2, 0) is 17.6 Å². The standard InChI is InChI=1S/C28H35ClN2O3S/c1-34-21-9-10-26-24(18-21)23(25(29)20-30-26)8-4-11-28(19-27(32)33)12-15-31(16-13-28)14-3-2-6-22-7-5-17-35-22/h5,7,9-10,17-18,20H,2-4,6,8,11-16,19H2,1H3,(H,32,33). The number of fused-ring (bicyclic) bond motifs is 1. The zero-order chi connectivity index (χ0) is 24.7. The number of thiophene rings is 1. The maximum Gasteiger partial charge on any atom is 0.303 e. The van der Waals surface area contributed by atoms with E-state index in [0.29, 0.717) is 5.02 Å². The number of halogens is 1. The summed E-state index contributed by atoms with van der Waals surface area (Å²) in [4.78, 5) is 20.2. The fourth-order valence-corrected chi connectivity index (χ4v) is 6.40. The van der Waals surface area contributed by atoms with Crippen LogP contribution in [0.2, 0.25) is 5.02 Å². The van der Waals surface area contributed by atoms with Crippen LogP contribution in [0.4, 0.5) is 0 Å². The predicted molar refractivity (Wildman–Crippen MR) is 144 cm³/mol. The van der Waals surface area contributed by atoms with Crippen molar-refractivity contribution in [1.29, 1.82) is 0 Å². The van der Waals surface area contributed by atoms with Gasteiger partial charge in [-0.15, -0.1) is 11.3 Å². The molecule has 188 valence electrons. The van der Waals surface area contributed by atoms with E-state index in [1.54, 1.807) is 13.3 Å². The Balaban J connectivity index is 1.32. The zero-order valence-electron chi connectivity index (χ0n) is 20.5. The van der Waals surface area contributed by atoms with Crippen LogP contribution in [0, 0.1) is 5.41 Å². The van der Waals surface area contributed by atoms with E-state index in [4.69, 9.17) is 16.3 Å². The lowest BCUT2D eigenvalue weighted by Gasteiger charge is -2.41. The van der Waals surface area contributed by atoms with Crippen LogP contribution in [0.15, 0.2) is 41.9 Å². The van der Waals surface area contributed by atoms with Gasteiger partial charge in [0.25, 0.3) is 0 Å². The molecule has 0 radical (unpaired) electrons. The number of piperidine rings is 1. The van der Waals surface area contributed by atoms with Crippen LogP contribution in [-0.4, -0.2) is 47.7 Å². The Hall–Kier alpha value is -2.15. The highest BCUT2D eigenvalue weighted by molar-refractivity contribution is 7.09. The fourth-order valence-electron chi connectivity index (χ4n) is 5.40. The smallest absolute Gasteiger partial charge is 0.303 e. The number of carbonyl (C=O) groups is 1. The Morgan fingerprint density at radius 1 is 1.20 bits per heavy atom. The highest BCUT2D eigenvalue weighted by Crippen LogP contribution is 2.40. The lowest BCUT2D eigenvalue weighted by Crippen LogP contribution is -2.41. The second kappa shape index (κ2) is 12.2. The molecule has 0 aliphatic carbocycles. The molecule has 1 aromatic carbocycles. The maximum absolute atomic E-state index is 11.8. The number of carboxylic acids is 1. The first-order valence-corrected chi connectivity index (χ1v) is 13.8. The number of unbranched alkanes of at least 4 members (excludes halogenated alkanes) is 1. The number of carboxylic acid groups (broad SMARTS) is 1. The largest absolute Gasteiger partial charge is 0.497 e. The summed E-state index contributed by atoms with van der Waals surface area (Å²) in [5, 5.41) is 13.5. The van der Waals surface area contributed by atoms with Gasteiger partial charge in [0.15, 0.2) is 0 Å². The van der Waals surface area contributed by atoms with E-state index in [0.717, 1.165) is 80.4 Å². The molecule has 0 saturated carbocycles. The van der Waals surface area contributed by atoms with Crippen LogP contribution >= 0.6 is 22.9 Å². The molecule has 0 spiro atoms. The molecule has 3 heterocycles. The molecule has 1 aliphatic rings. The van der Waals surface area contributed by atoms with Gasteiger partial charge in [-0.2, -0.15) is 0 Å². The first kappa shape index (κ1) is 25.9. The van der Waals surface area contributed by atoms with Crippen molar-refractivity contribution < 1.29 is 14.6 Å². The Labute approximate surface area is 217 Å². The molecule has 7 heteroatoms. The Morgan fingerprint density at radius 3 is 2.74 bits per heavy atom. The Bertz CT molecular complexity index is 1110. The van der Waals surface area contributed by atoms with Crippen molar-refractivity contribution in [3.8, 4) is 5.75 Å². The summed E-state index contributed by atoms with van der Waals surface area (Å²) < 4.78 is 5.40. The molecule has 1 N–H and O–H groups in total. The molecule has 1 aliphatic heterocycles. The van der Waals surface area contributed by atoms with E-state index in [9.17, 15) is 9.90 Å². The lowest BCUT2D eigenvalue weighted by atomic mass is 9.72. The van der Waals surface area contributed by atoms with Gasteiger partial charge in [-0.05, 0) is 112 Å². The summed E-state index contributed by atoms with van der Waals surface area (Å²) in [7, 11) is 1.66. The average molecular weight is 515 g/mol. The second-order valence-corrected chi connectivity index (χ2v) is 11.2. The molecule has 0 atom stereocenters. The van der Waals surface area contributed by atoms with Crippen LogP contribution in [0.25, 0.3) is 10.9 Å². The third kappa shape index (κ3) is 6.96. The fraction of sp³-hybridized carbons (Fsp3) is 0.500. The van der Waals surface area contributed by atoms with Gasteiger partial charge in [-0.3, -0.25) is 9.78 Å². The predicted octanol–water partition coefficient (Wildman–Crippen LogP) is 6.86. The molecule has 4 rings (SSSR count). The molecule has 1 saturated heterocycles. The number of aliphatic carboxylic acids is 1. The van der Waals surface area contributed by atoms with Gasteiger partial charge in [-0.25, -0.2) is 0 Å². The molecule has 0 amide bonds. The van der Waals surface area contributed by atoms with Gasteiger partial charge in [0, 0.05) is 16.5 Å². The summed E-state index contributed by atoms with van der Waals surface area (Å²) in [6.07, 6.45) is 10.0. The van der Waals surface area contributed by atoms with E-state index in [1.807, 2.05) is 29.5 Å². The first-order chi connectivity index (χ1) is 17.0. The van der Waals surface area contributed by atoms with Gasteiger partial charge in [0.2, 0.25) is 0 Å². The number of rotatable bonds is 12. The van der Waals surface area contributed by atoms with Gasteiger partial charge in [0.1, 0.15) is 5.75 Å².